The number of carboxylic acids is 1. The molecule has 0 radical (unpaired) electrons. The molecule has 0 spiro atoms. The number of thioether (sulfide) groups is 2. The molecule has 0 aliphatic carbocycles. The number of anilines is 2. The van der Waals surface area contributed by atoms with E-state index in [0.717, 1.165) is 21.0 Å². The average molecular weight is 688 g/mol. The Balaban J connectivity index is 1.42. The number of H-pyrrole nitrogens is 1. The Kier molecular flexibility index (Phi) is 9.54. The van der Waals surface area contributed by atoms with E-state index in [1.165, 1.54) is 59.1 Å². The number of aromatic nitrogens is 4. The molecule has 16 nitrogen and oxygen atoms in total. The van der Waals surface area contributed by atoms with E-state index in [9.17, 15) is 34.2 Å². The number of carbonyl (C=O) groups is 4. The van der Waals surface area contributed by atoms with Crippen molar-refractivity contribution in [1.29, 1.82) is 0 Å². The van der Waals surface area contributed by atoms with Gasteiger partial charge in [0.15, 0.2) is 4.34 Å². The van der Waals surface area contributed by atoms with Gasteiger partial charge in [-0.05, 0) is 44.0 Å². The average Bonchev–Trinajstić information content (AvgIpc) is 3.42. The topological polar surface area (TPSA) is 237 Å². The number of benzene rings is 1. The summed E-state index contributed by atoms with van der Waals surface area (Å²) in [6, 6.07) is 1.35. The number of aromatic amines is 1. The number of nitrogens with zero attached hydrogens (tertiary/aromatic N) is 5. The van der Waals surface area contributed by atoms with Crippen molar-refractivity contribution in [3.8, 4) is 5.75 Å². The second-order valence-corrected chi connectivity index (χ2v) is 14.0. The molecule has 2 aliphatic heterocycles. The Hall–Kier alpha value is -4.62. The molecule has 3 atom stereocenters. The number of aliphatic carboxylic acids is 1. The maximum atomic E-state index is 13.9. The van der Waals surface area contributed by atoms with Gasteiger partial charge in [0.1, 0.15) is 39.6 Å². The molecule has 7 N–H and O–H groups in total. The highest BCUT2D eigenvalue weighted by Gasteiger charge is 2.55. The first-order chi connectivity index (χ1) is 21.8. The Bertz CT molecular complexity index is 1780. The number of phenolic OH excluding ortho intramolecular Hbond substituents is 1. The van der Waals surface area contributed by atoms with Crippen molar-refractivity contribution in [3.63, 3.8) is 0 Å². The second kappa shape index (κ2) is 13.4. The SMILES string of the molecule is Cc1nnc(SCC2=C(C(=O)O)N3C(=O)C(NC(=O)C(c4ccc(O)cc4)N(C(N)=O)c4cnc(NC(C)C)[nH]c4=O)[C@@H]3SC2)s1. The van der Waals surface area contributed by atoms with Gasteiger partial charge in [-0.15, -0.1) is 22.0 Å². The summed E-state index contributed by atoms with van der Waals surface area (Å²) in [5, 5.41) is 33.5. The predicted molar refractivity (Wildman–Crippen MR) is 172 cm³/mol. The van der Waals surface area contributed by atoms with Gasteiger partial charge in [0, 0.05) is 17.5 Å². The van der Waals surface area contributed by atoms with Gasteiger partial charge in [-0.2, -0.15) is 0 Å². The minimum absolute atomic E-state index is 0.0695. The number of rotatable bonds is 11. The molecule has 1 aromatic carbocycles. The number of aryl methyl sites for hydroxylation is 1. The van der Waals surface area contributed by atoms with Crippen molar-refractivity contribution in [1.82, 2.24) is 30.4 Å². The molecule has 2 unspecified atom stereocenters. The van der Waals surface area contributed by atoms with Crippen LogP contribution in [0.25, 0.3) is 0 Å². The molecule has 242 valence electrons. The normalized spacial score (nSPS) is 18.1. The number of nitrogens with one attached hydrogen (secondary N) is 3. The van der Waals surface area contributed by atoms with Crippen molar-refractivity contribution in [2.75, 3.05) is 21.7 Å². The van der Waals surface area contributed by atoms with Crippen molar-refractivity contribution >= 4 is 70.3 Å². The summed E-state index contributed by atoms with van der Waals surface area (Å²) in [4.78, 5) is 74.1. The van der Waals surface area contributed by atoms with E-state index in [4.69, 9.17) is 5.73 Å². The van der Waals surface area contributed by atoms with Gasteiger partial charge in [-0.25, -0.2) is 14.6 Å². The highest BCUT2D eigenvalue weighted by Crippen LogP contribution is 2.42. The predicted octanol–water partition coefficient (Wildman–Crippen LogP) is 1.61. The summed E-state index contributed by atoms with van der Waals surface area (Å²) in [6.45, 7) is 5.47. The van der Waals surface area contributed by atoms with Gasteiger partial charge in [0.05, 0.1) is 6.20 Å². The quantitative estimate of drug-likeness (QED) is 0.124. The van der Waals surface area contributed by atoms with Crippen LogP contribution in [0.2, 0.25) is 0 Å². The first kappa shape index (κ1) is 32.8. The van der Waals surface area contributed by atoms with E-state index < -0.39 is 46.8 Å². The molecular weight excluding hydrogens is 659 g/mol. The molecule has 46 heavy (non-hydrogen) atoms. The lowest BCUT2D eigenvalue weighted by molar-refractivity contribution is -0.150. The van der Waals surface area contributed by atoms with Crippen LogP contribution < -0.4 is 26.8 Å². The molecular formula is C27H29N9O7S3. The summed E-state index contributed by atoms with van der Waals surface area (Å²) in [5.41, 5.74) is 5.13. The van der Waals surface area contributed by atoms with E-state index in [0.29, 0.717) is 9.91 Å². The number of β-lactam (4-membered cyclic amide) rings is 1. The van der Waals surface area contributed by atoms with E-state index in [-0.39, 0.29) is 46.2 Å². The first-order valence-corrected chi connectivity index (χ1v) is 16.6. The molecule has 2 aliphatic rings. The van der Waals surface area contributed by atoms with Crippen LogP contribution in [0.15, 0.2) is 50.9 Å². The van der Waals surface area contributed by atoms with Gasteiger partial charge < -0.3 is 26.6 Å². The van der Waals surface area contributed by atoms with Crippen molar-refractivity contribution in [3.05, 3.63) is 62.7 Å². The van der Waals surface area contributed by atoms with Gasteiger partial charge in [-0.1, -0.05) is 35.2 Å². The molecule has 1 fully saturated rings. The van der Waals surface area contributed by atoms with E-state index >= 15 is 0 Å². The summed E-state index contributed by atoms with van der Waals surface area (Å²) in [6.07, 6.45) is 1.09. The summed E-state index contributed by atoms with van der Waals surface area (Å²) >= 11 is 3.97. The second-order valence-electron chi connectivity index (χ2n) is 10.5. The van der Waals surface area contributed by atoms with Gasteiger partial charge in [-0.3, -0.25) is 29.2 Å². The lowest BCUT2D eigenvalue weighted by Gasteiger charge is -2.49. The zero-order valence-corrected chi connectivity index (χ0v) is 27.0. The Morgan fingerprint density at radius 3 is 2.52 bits per heavy atom. The van der Waals surface area contributed by atoms with Gasteiger partial charge in [0.25, 0.3) is 11.5 Å². The van der Waals surface area contributed by atoms with Gasteiger partial charge >= 0.3 is 12.0 Å². The smallest absolute Gasteiger partial charge is 0.352 e. The summed E-state index contributed by atoms with van der Waals surface area (Å²) in [5.74, 6) is -2.25. The minimum Gasteiger partial charge on any atom is -0.508 e. The third-order valence-corrected chi connectivity index (χ3v) is 10.2. The molecule has 3 aromatic rings. The molecule has 0 bridgehead atoms. The summed E-state index contributed by atoms with van der Waals surface area (Å²) in [7, 11) is 0. The van der Waals surface area contributed by atoms with Gasteiger partial charge in [0.2, 0.25) is 11.9 Å². The maximum absolute atomic E-state index is 13.9. The fraction of sp³-hybridized carbons (Fsp3) is 0.333. The van der Waals surface area contributed by atoms with Crippen LogP contribution in [0.4, 0.5) is 16.4 Å². The highest BCUT2D eigenvalue weighted by molar-refractivity contribution is 8.01. The lowest BCUT2D eigenvalue weighted by atomic mass is 10.00. The van der Waals surface area contributed by atoms with Crippen LogP contribution >= 0.6 is 34.9 Å². The monoisotopic (exact) mass is 687 g/mol. The number of urea groups is 1. The number of fused-ring (bicyclic) bond motifs is 1. The molecule has 5 rings (SSSR count). The number of primary amides is 1. The summed E-state index contributed by atoms with van der Waals surface area (Å²) < 4.78 is 0.668. The molecule has 0 saturated carbocycles. The fourth-order valence-corrected chi connectivity index (χ4v) is 8.18. The van der Waals surface area contributed by atoms with Crippen LogP contribution in [0.3, 0.4) is 0 Å². The number of aromatic hydroxyl groups is 1. The molecule has 19 heteroatoms. The van der Waals surface area contributed by atoms with Crippen LogP contribution in [0, 0.1) is 6.92 Å². The number of nitrogens with two attached hydrogens (primary N) is 1. The third kappa shape index (κ3) is 6.65. The molecule has 1 saturated heterocycles. The number of phenols is 1. The Morgan fingerprint density at radius 2 is 1.93 bits per heavy atom. The minimum atomic E-state index is -1.57. The fourth-order valence-electron chi connectivity index (χ4n) is 4.88. The van der Waals surface area contributed by atoms with Crippen LogP contribution in [-0.2, 0) is 14.4 Å². The third-order valence-electron chi connectivity index (χ3n) is 6.84. The van der Waals surface area contributed by atoms with Crippen molar-refractivity contribution in [2.24, 2.45) is 5.73 Å². The maximum Gasteiger partial charge on any atom is 0.352 e. The van der Waals surface area contributed by atoms with E-state index in [1.807, 2.05) is 20.8 Å². The number of hydrogen-bond donors (Lipinski definition) is 6. The number of hydrogen-bond acceptors (Lipinski definition) is 13. The highest BCUT2D eigenvalue weighted by atomic mass is 32.2. The number of carbonyl (C=O) groups excluding carboxylic acids is 3. The van der Waals surface area contributed by atoms with Crippen LogP contribution in [-0.4, -0.2) is 88.1 Å². The Morgan fingerprint density at radius 1 is 1.22 bits per heavy atom. The zero-order chi connectivity index (χ0) is 33.3. The zero-order valence-electron chi connectivity index (χ0n) is 24.6. The lowest BCUT2D eigenvalue weighted by Crippen LogP contribution is -2.71. The number of amides is 4. The Labute approximate surface area is 273 Å². The standard InChI is InChI=1S/C27H29N9O7S3/c1-11(2)30-26-29-8-16(20(38)32-26)35(25(28)43)18(13-4-6-15(37)7-5-13)21(39)31-17-22(40)36-19(24(41)42)14(9-44-23(17)36)10-45-27-34-33-12(3)46-27/h4-8,11,17-18,23,37H,9-10H2,1-3H3,(H2,28,43)(H,31,39)(H,41,42)(H2,29,30,32,38)/t17?,18?,23-/m0/s1. The van der Waals surface area contributed by atoms with Crippen LogP contribution in [0.5, 0.6) is 5.75 Å². The van der Waals surface area contributed by atoms with E-state index in [2.05, 4.69) is 30.8 Å². The van der Waals surface area contributed by atoms with Crippen molar-refractivity contribution < 1.29 is 29.4 Å². The number of carboxylic acid groups (broad SMARTS) is 1. The van der Waals surface area contributed by atoms with Crippen molar-refractivity contribution in [2.45, 2.75) is 48.6 Å². The van der Waals surface area contributed by atoms with E-state index in [1.54, 1.807) is 0 Å². The molecule has 2 aromatic heterocycles. The van der Waals surface area contributed by atoms with Crippen LogP contribution in [0.1, 0.15) is 30.5 Å². The largest absolute Gasteiger partial charge is 0.508 e. The molecule has 4 amide bonds. The first-order valence-electron chi connectivity index (χ1n) is 13.7. The molecule has 4 heterocycles.